The zero-order chi connectivity index (χ0) is 12.8. The van der Waals surface area contributed by atoms with Crippen LogP contribution in [0.15, 0.2) is 18.2 Å². The maximum atomic E-state index is 13.5. The molecular weight excluding hydrogens is 221 g/mol. The molecule has 0 aliphatic rings. The maximum Gasteiger partial charge on any atom is 0.182 e. The third-order valence-corrected chi connectivity index (χ3v) is 2.59. The zero-order valence-electron chi connectivity index (χ0n) is 10.2. The van der Waals surface area contributed by atoms with E-state index in [1.54, 1.807) is 13.2 Å². The summed E-state index contributed by atoms with van der Waals surface area (Å²) in [7, 11) is 1.59. The minimum atomic E-state index is -0.665. The lowest BCUT2D eigenvalue weighted by atomic mass is 9.99. The van der Waals surface area contributed by atoms with Gasteiger partial charge in [0.2, 0.25) is 0 Å². The average Bonchev–Trinajstić information content (AvgIpc) is 2.31. The molecule has 94 valence electrons. The van der Waals surface area contributed by atoms with Gasteiger partial charge in [0.15, 0.2) is 5.78 Å². The van der Waals surface area contributed by atoms with Crippen molar-refractivity contribution in [3.63, 3.8) is 0 Å². The molecule has 1 unspecified atom stereocenters. The molecule has 3 nitrogen and oxygen atoms in total. The van der Waals surface area contributed by atoms with Crippen LogP contribution in [0.1, 0.15) is 28.8 Å². The molecule has 0 radical (unpaired) electrons. The van der Waals surface area contributed by atoms with E-state index in [1.807, 2.05) is 6.92 Å². The molecule has 0 fully saturated rings. The lowest BCUT2D eigenvalue weighted by Crippen LogP contribution is -2.31. The van der Waals surface area contributed by atoms with Crippen molar-refractivity contribution < 1.29 is 13.9 Å². The average molecular weight is 239 g/mol. The van der Waals surface area contributed by atoms with Gasteiger partial charge in [0.25, 0.3) is 0 Å². The first-order valence-corrected chi connectivity index (χ1v) is 5.61. The highest BCUT2D eigenvalue weighted by molar-refractivity contribution is 6.00. The summed E-state index contributed by atoms with van der Waals surface area (Å²) in [6.07, 6.45) is 1.19. The number of benzene rings is 1. The van der Waals surface area contributed by atoms with E-state index in [9.17, 15) is 9.18 Å². The summed E-state index contributed by atoms with van der Waals surface area (Å²) in [4.78, 5) is 11.9. The second-order valence-electron chi connectivity index (χ2n) is 4.09. The summed E-state index contributed by atoms with van der Waals surface area (Å²) >= 11 is 0. The van der Waals surface area contributed by atoms with Gasteiger partial charge < -0.3 is 10.5 Å². The lowest BCUT2D eigenvalue weighted by molar-refractivity contribution is 0.0946. The Morgan fingerprint density at radius 1 is 1.53 bits per heavy atom. The quantitative estimate of drug-likeness (QED) is 0.610. The molecule has 0 saturated heterocycles. The Balaban J connectivity index is 2.71. The maximum absolute atomic E-state index is 13.5. The number of Topliss-reactive ketones (excluding diaryl/α,β-unsaturated/α-hetero) is 1. The van der Waals surface area contributed by atoms with Gasteiger partial charge in [-0.2, -0.15) is 0 Å². The molecule has 0 heterocycles. The van der Waals surface area contributed by atoms with Crippen LogP contribution in [0, 0.1) is 12.7 Å². The number of hydrogen-bond donors (Lipinski definition) is 1. The van der Waals surface area contributed by atoms with Crippen LogP contribution < -0.4 is 5.73 Å². The Morgan fingerprint density at radius 3 is 2.88 bits per heavy atom. The van der Waals surface area contributed by atoms with Crippen LogP contribution in [-0.2, 0) is 4.74 Å². The molecule has 0 aromatic heterocycles. The molecule has 2 N–H and O–H groups in total. The molecule has 4 heteroatoms. The minimum Gasteiger partial charge on any atom is -0.385 e. The smallest absolute Gasteiger partial charge is 0.182 e. The van der Waals surface area contributed by atoms with Crippen molar-refractivity contribution in [2.24, 2.45) is 5.73 Å². The van der Waals surface area contributed by atoms with Gasteiger partial charge in [0.05, 0.1) is 11.6 Å². The van der Waals surface area contributed by atoms with E-state index in [1.165, 1.54) is 12.1 Å². The summed E-state index contributed by atoms with van der Waals surface area (Å²) in [5.41, 5.74) is 6.66. The highest BCUT2D eigenvalue weighted by atomic mass is 19.1. The number of halogens is 1. The van der Waals surface area contributed by atoms with Crippen molar-refractivity contribution >= 4 is 5.78 Å². The van der Waals surface area contributed by atoms with Gasteiger partial charge in [-0.05, 0) is 31.9 Å². The Labute approximate surface area is 101 Å². The van der Waals surface area contributed by atoms with E-state index in [2.05, 4.69) is 0 Å². The van der Waals surface area contributed by atoms with Crippen LogP contribution in [0.2, 0.25) is 0 Å². The number of carbonyl (C=O) groups is 1. The van der Waals surface area contributed by atoms with Crippen LogP contribution in [0.3, 0.4) is 0 Å². The summed E-state index contributed by atoms with van der Waals surface area (Å²) in [6.45, 7) is 2.37. The van der Waals surface area contributed by atoms with Gasteiger partial charge in [-0.1, -0.05) is 11.6 Å². The highest BCUT2D eigenvalue weighted by Crippen LogP contribution is 2.13. The van der Waals surface area contributed by atoms with E-state index in [0.29, 0.717) is 19.4 Å². The predicted octanol–water partition coefficient (Wildman–Crippen LogP) is 2.07. The van der Waals surface area contributed by atoms with E-state index in [4.69, 9.17) is 10.5 Å². The molecule has 0 bridgehead atoms. The third kappa shape index (κ3) is 3.91. The molecule has 1 aromatic rings. The second-order valence-corrected chi connectivity index (χ2v) is 4.09. The topological polar surface area (TPSA) is 52.3 Å². The predicted molar refractivity (Wildman–Crippen MR) is 64.6 cm³/mol. The molecule has 0 saturated carbocycles. The van der Waals surface area contributed by atoms with Gasteiger partial charge in [-0.15, -0.1) is 0 Å². The molecule has 0 amide bonds. The summed E-state index contributed by atoms with van der Waals surface area (Å²) in [5.74, 6) is -0.856. The number of aryl methyl sites for hydroxylation is 1. The molecule has 1 rings (SSSR count). The van der Waals surface area contributed by atoms with Crippen molar-refractivity contribution in [3.05, 3.63) is 35.1 Å². The number of rotatable bonds is 6. The van der Waals surface area contributed by atoms with Gasteiger partial charge >= 0.3 is 0 Å². The summed E-state index contributed by atoms with van der Waals surface area (Å²) < 4.78 is 18.3. The van der Waals surface area contributed by atoms with Gasteiger partial charge in [-0.3, -0.25) is 4.79 Å². The molecule has 0 spiro atoms. The van der Waals surface area contributed by atoms with E-state index >= 15 is 0 Å². The van der Waals surface area contributed by atoms with Gasteiger partial charge in [0.1, 0.15) is 5.82 Å². The van der Waals surface area contributed by atoms with E-state index in [-0.39, 0.29) is 11.3 Å². The Kier molecular flexibility index (Phi) is 5.25. The fourth-order valence-electron chi connectivity index (χ4n) is 1.61. The van der Waals surface area contributed by atoms with Crippen molar-refractivity contribution in [1.82, 2.24) is 0 Å². The monoisotopic (exact) mass is 239 g/mol. The second kappa shape index (κ2) is 6.47. The Hall–Kier alpha value is -1.26. The van der Waals surface area contributed by atoms with Gasteiger partial charge in [-0.25, -0.2) is 4.39 Å². The zero-order valence-corrected chi connectivity index (χ0v) is 10.2. The fourth-order valence-corrected chi connectivity index (χ4v) is 1.61. The number of methoxy groups -OCH3 is 1. The number of ether oxygens (including phenoxy) is 1. The third-order valence-electron chi connectivity index (χ3n) is 2.59. The first-order chi connectivity index (χ1) is 8.06. The normalized spacial score (nSPS) is 12.5. The number of nitrogens with two attached hydrogens (primary N) is 1. The largest absolute Gasteiger partial charge is 0.385 e. The van der Waals surface area contributed by atoms with Crippen LogP contribution in [0.25, 0.3) is 0 Å². The van der Waals surface area contributed by atoms with Crippen molar-refractivity contribution in [2.45, 2.75) is 25.8 Å². The summed E-state index contributed by atoms with van der Waals surface area (Å²) in [6, 6.07) is 3.79. The molecule has 1 aromatic carbocycles. The van der Waals surface area contributed by atoms with Crippen molar-refractivity contribution in [3.8, 4) is 0 Å². The lowest BCUT2D eigenvalue weighted by Gasteiger charge is -2.11. The Morgan fingerprint density at radius 2 is 2.24 bits per heavy atom. The number of carbonyl (C=O) groups excluding carboxylic acids is 1. The molecule has 17 heavy (non-hydrogen) atoms. The Bertz CT molecular complexity index is 393. The fraction of sp³-hybridized carbons (Fsp3) is 0.462. The van der Waals surface area contributed by atoms with E-state index in [0.717, 1.165) is 5.56 Å². The molecule has 0 aliphatic carbocycles. The minimum absolute atomic E-state index is 0.0786. The van der Waals surface area contributed by atoms with Gasteiger partial charge in [0, 0.05) is 13.7 Å². The first-order valence-electron chi connectivity index (χ1n) is 5.61. The van der Waals surface area contributed by atoms with E-state index < -0.39 is 11.9 Å². The van der Waals surface area contributed by atoms with Crippen LogP contribution in [0.5, 0.6) is 0 Å². The highest BCUT2D eigenvalue weighted by Gasteiger charge is 2.18. The van der Waals surface area contributed by atoms with Crippen molar-refractivity contribution in [2.75, 3.05) is 13.7 Å². The van der Waals surface area contributed by atoms with Crippen LogP contribution in [-0.4, -0.2) is 25.5 Å². The number of hydrogen-bond acceptors (Lipinski definition) is 3. The van der Waals surface area contributed by atoms with Crippen LogP contribution in [0.4, 0.5) is 4.39 Å². The first kappa shape index (κ1) is 13.8. The molecule has 0 aliphatic heterocycles. The van der Waals surface area contributed by atoms with Crippen LogP contribution >= 0.6 is 0 Å². The number of ketones is 1. The SMILES string of the molecule is COCCCC(N)C(=O)c1cc(C)ccc1F. The standard InChI is InChI=1S/C13H18FNO2/c1-9-5-6-11(14)10(8-9)13(16)12(15)4-3-7-17-2/h5-6,8,12H,3-4,7,15H2,1-2H3. The molecule has 1 atom stereocenters. The molecular formula is C13H18FNO2. The van der Waals surface area contributed by atoms with Crippen molar-refractivity contribution in [1.29, 1.82) is 0 Å². The summed E-state index contributed by atoms with van der Waals surface area (Å²) in [5, 5.41) is 0.